The van der Waals surface area contributed by atoms with Gasteiger partial charge in [-0.2, -0.15) is 0 Å². The van der Waals surface area contributed by atoms with E-state index in [1.807, 2.05) is 0 Å². The molecule has 0 aliphatic carbocycles. The highest BCUT2D eigenvalue weighted by molar-refractivity contribution is 5.85. The van der Waals surface area contributed by atoms with Crippen molar-refractivity contribution in [2.24, 2.45) is 5.92 Å². The Kier molecular flexibility index (Phi) is 4.67. The highest BCUT2D eigenvalue weighted by atomic mass is 35.5. The molecule has 1 aliphatic heterocycles. The van der Waals surface area contributed by atoms with Crippen LogP contribution in [0.2, 0.25) is 0 Å². The summed E-state index contributed by atoms with van der Waals surface area (Å²) in [6.07, 6.45) is 5.29. The lowest BCUT2D eigenvalue weighted by Crippen LogP contribution is -2.42. The quantitative estimate of drug-likeness (QED) is 0.888. The molecule has 0 bridgehead atoms. The number of hydrogen-bond acceptors (Lipinski definition) is 5. The van der Waals surface area contributed by atoms with Crippen molar-refractivity contribution in [2.75, 3.05) is 18.4 Å². The molecule has 2 N–H and O–H groups in total. The van der Waals surface area contributed by atoms with Crippen LogP contribution in [0.15, 0.2) is 18.6 Å². The maximum atomic E-state index is 13.6. The second-order valence-electron chi connectivity index (χ2n) is 5.05. The fourth-order valence-corrected chi connectivity index (χ4v) is 2.49. The van der Waals surface area contributed by atoms with Crippen LogP contribution in [0.1, 0.15) is 13.3 Å². The molecule has 20 heavy (non-hydrogen) atoms. The van der Waals surface area contributed by atoms with Crippen molar-refractivity contribution < 1.29 is 4.39 Å². The van der Waals surface area contributed by atoms with Crippen LogP contribution in [-0.4, -0.2) is 34.1 Å². The largest absolute Gasteiger partial charge is 0.364 e. The molecule has 2 aromatic rings. The summed E-state index contributed by atoms with van der Waals surface area (Å²) in [5.41, 5.74) is 0.748. The number of rotatable bonds is 2. The number of aromatic nitrogens is 3. The van der Waals surface area contributed by atoms with Gasteiger partial charge in [-0.15, -0.1) is 12.4 Å². The summed E-state index contributed by atoms with van der Waals surface area (Å²) in [6.45, 7) is 4.12. The Morgan fingerprint density at radius 2 is 1.95 bits per heavy atom. The molecule has 3 heterocycles. The normalized spacial score (nSPS) is 22.3. The number of nitrogens with one attached hydrogen (secondary N) is 2. The van der Waals surface area contributed by atoms with Crippen LogP contribution in [0.3, 0.4) is 0 Å². The van der Waals surface area contributed by atoms with E-state index in [0.717, 1.165) is 19.5 Å². The molecule has 3 rings (SSSR count). The Morgan fingerprint density at radius 3 is 2.70 bits per heavy atom. The minimum atomic E-state index is -0.441. The molecule has 0 saturated carbocycles. The number of hydrogen-bond donors (Lipinski definition) is 2. The van der Waals surface area contributed by atoms with Gasteiger partial charge in [0.05, 0.1) is 6.20 Å². The van der Waals surface area contributed by atoms with Crippen LogP contribution in [0.4, 0.5) is 10.2 Å². The second-order valence-corrected chi connectivity index (χ2v) is 5.05. The van der Waals surface area contributed by atoms with Crippen molar-refractivity contribution in [1.82, 2.24) is 20.3 Å². The Labute approximate surface area is 122 Å². The molecular formula is C13H17ClFN5. The molecule has 0 radical (unpaired) electrons. The van der Waals surface area contributed by atoms with Gasteiger partial charge in [0.2, 0.25) is 0 Å². The van der Waals surface area contributed by atoms with Gasteiger partial charge >= 0.3 is 0 Å². The third kappa shape index (κ3) is 2.96. The number of nitrogens with zero attached hydrogens (tertiary/aromatic N) is 3. The van der Waals surface area contributed by atoms with Crippen molar-refractivity contribution in [3.63, 3.8) is 0 Å². The number of halogens is 2. The zero-order chi connectivity index (χ0) is 13.2. The predicted octanol–water partition coefficient (Wildman–Crippen LogP) is 2.00. The lowest BCUT2D eigenvalue weighted by Gasteiger charge is -2.28. The smallest absolute Gasteiger partial charge is 0.169 e. The van der Waals surface area contributed by atoms with Gasteiger partial charge in [-0.1, -0.05) is 6.92 Å². The van der Waals surface area contributed by atoms with Gasteiger partial charge in [0.1, 0.15) is 11.0 Å². The summed E-state index contributed by atoms with van der Waals surface area (Å²) in [6, 6.07) is 0.284. The van der Waals surface area contributed by atoms with E-state index in [1.54, 1.807) is 6.20 Å². The fraction of sp³-hybridized carbons (Fsp3) is 0.462. The molecule has 1 aliphatic rings. The lowest BCUT2D eigenvalue weighted by molar-refractivity contribution is 0.378. The van der Waals surface area contributed by atoms with E-state index in [1.165, 1.54) is 12.4 Å². The van der Waals surface area contributed by atoms with Crippen molar-refractivity contribution in [2.45, 2.75) is 19.4 Å². The van der Waals surface area contributed by atoms with Crippen LogP contribution < -0.4 is 10.6 Å². The number of fused-ring (bicyclic) bond motifs is 1. The van der Waals surface area contributed by atoms with E-state index in [4.69, 9.17) is 0 Å². The summed E-state index contributed by atoms with van der Waals surface area (Å²) >= 11 is 0. The molecule has 0 aromatic carbocycles. The molecule has 1 fully saturated rings. The Balaban J connectivity index is 0.00000147. The molecule has 2 atom stereocenters. The van der Waals surface area contributed by atoms with Crippen LogP contribution in [0, 0.1) is 11.7 Å². The molecule has 2 aromatic heterocycles. The minimum Gasteiger partial charge on any atom is -0.364 e. The van der Waals surface area contributed by atoms with E-state index in [0.29, 0.717) is 17.3 Å². The molecule has 5 nitrogen and oxygen atoms in total. The first-order chi connectivity index (χ1) is 9.24. The Hall–Kier alpha value is -1.53. The fourth-order valence-electron chi connectivity index (χ4n) is 2.49. The summed E-state index contributed by atoms with van der Waals surface area (Å²) in [5, 5.41) is 6.70. The van der Waals surface area contributed by atoms with Crippen molar-refractivity contribution >= 4 is 29.3 Å². The maximum Gasteiger partial charge on any atom is 0.169 e. The molecule has 0 spiro atoms. The standard InChI is InChI=1S/C13H16FN5.ClH/c1-8-4-9(6-15-5-8)19-13-12-11(10(14)7-18-13)16-2-3-17-12;/h2-3,7-9,15H,4-6H2,1H3,(H,18,19);1H/t8-,9+;/m0./s1. The highest BCUT2D eigenvalue weighted by Crippen LogP contribution is 2.21. The molecule has 108 valence electrons. The Bertz CT molecular complexity index is 594. The number of anilines is 1. The average Bonchev–Trinajstić information content (AvgIpc) is 2.42. The molecular weight excluding hydrogens is 281 g/mol. The van der Waals surface area contributed by atoms with Crippen molar-refractivity contribution in [3.05, 3.63) is 24.4 Å². The van der Waals surface area contributed by atoms with E-state index in [9.17, 15) is 4.39 Å². The highest BCUT2D eigenvalue weighted by Gasteiger charge is 2.20. The van der Waals surface area contributed by atoms with Crippen LogP contribution in [0.25, 0.3) is 11.0 Å². The lowest BCUT2D eigenvalue weighted by atomic mass is 9.98. The SMILES string of the molecule is C[C@@H]1CNC[C@H](Nc2ncc(F)c3nccnc23)C1.Cl. The zero-order valence-corrected chi connectivity index (χ0v) is 12.0. The van der Waals surface area contributed by atoms with Crippen LogP contribution >= 0.6 is 12.4 Å². The average molecular weight is 298 g/mol. The van der Waals surface area contributed by atoms with Crippen LogP contribution in [0.5, 0.6) is 0 Å². The van der Waals surface area contributed by atoms with Gasteiger partial charge < -0.3 is 10.6 Å². The van der Waals surface area contributed by atoms with E-state index in [2.05, 4.69) is 32.5 Å². The monoisotopic (exact) mass is 297 g/mol. The zero-order valence-electron chi connectivity index (χ0n) is 11.1. The first kappa shape index (κ1) is 14.9. The van der Waals surface area contributed by atoms with E-state index < -0.39 is 5.82 Å². The topological polar surface area (TPSA) is 62.7 Å². The second kappa shape index (κ2) is 6.28. The van der Waals surface area contributed by atoms with Crippen molar-refractivity contribution in [3.8, 4) is 0 Å². The van der Waals surface area contributed by atoms with Gasteiger partial charge in [0.15, 0.2) is 11.6 Å². The van der Waals surface area contributed by atoms with Gasteiger partial charge in [-0.05, 0) is 18.9 Å². The third-order valence-electron chi connectivity index (χ3n) is 3.37. The van der Waals surface area contributed by atoms with E-state index in [-0.39, 0.29) is 24.0 Å². The number of piperidine rings is 1. The Morgan fingerprint density at radius 1 is 1.20 bits per heavy atom. The van der Waals surface area contributed by atoms with Gasteiger partial charge in [0, 0.05) is 25.0 Å². The molecule has 0 amide bonds. The van der Waals surface area contributed by atoms with Crippen LogP contribution in [-0.2, 0) is 0 Å². The van der Waals surface area contributed by atoms with Gasteiger partial charge in [-0.25, -0.2) is 19.3 Å². The van der Waals surface area contributed by atoms with Gasteiger partial charge in [-0.3, -0.25) is 0 Å². The minimum absolute atomic E-state index is 0. The number of pyridine rings is 1. The summed E-state index contributed by atoms with van der Waals surface area (Å²) in [5.74, 6) is 0.776. The molecule has 7 heteroatoms. The first-order valence-corrected chi connectivity index (χ1v) is 6.46. The summed E-state index contributed by atoms with van der Waals surface area (Å²) in [4.78, 5) is 12.3. The molecule has 1 saturated heterocycles. The van der Waals surface area contributed by atoms with Gasteiger partial charge in [0.25, 0.3) is 0 Å². The molecule has 0 unspecified atom stereocenters. The van der Waals surface area contributed by atoms with E-state index >= 15 is 0 Å². The third-order valence-corrected chi connectivity index (χ3v) is 3.37. The van der Waals surface area contributed by atoms with Crippen molar-refractivity contribution in [1.29, 1.82) is 0 Å². The predicted molar refractivity (Wildman–Crippen MR) is 78.6 cm³/mol. The first-order valence-electron chi connectivity index (χ1n) is 6.46. The summed E-state index contributed by atoms with van der Waals surface area (Å²) in [7, 11) is 0. The maximum absolute atomic E-state index is 13.6. The summed E-state index contributed by atoms with van der Waals surface area (Å²) < 4.78 is 13.6.